The van der Waals surface area contributed by atoms with Gasteiger partial charge in [-0.25, -0.2) is 26.3 Å². The molecule has 5 N–H and O–H groups in total. The fourth-order valence-electron chi connectivity index (χ4n) is 12.5. The van der Waals surface area contributed by atoms with E-state index >= 15 is 0 Å². The molecule has 0 radical (unpaired) electrons. The van der Waals surface area contributed by atoms with Crippen LogP contribution in [0.15, 0.2) is 161 Å². The van der Waals surface area contributed by atoms with Gasteiger partial charge in [-0.2, -0.15) is 15.8 Å². The monoisotopic (exact) mass is 1550 g/mol. The lowest BCUT2D eigenvalue weighted by Crippen LogP contribution is -2.44. The van der Waals surface area contributed by atoms with Crippen LogP contribution in [0.5, 0.6) is 0 Å². The third-order valence-electron chi connectivity index (χ3n) is 18.8. The largest absolute Gasteiger partial charge is 0.384 e. The number of nitriles is 3. The molecule has 1 amide bonds. The molecule has 0 unspecified atom stereocenters. The highest BCUT2D eigenvalue weighted by Gasteiger charge is 2.25. The molecule has 12 rings (SSSR count). The van der Waals surface area contributed by atoms with Gasteiger partial charge in [0, 0.05) is 166 Å². The van der Waals surface area contributed by atoms with Gasteiger partial charge in [0.1, 0.15) is 23.8 Å². The maximum atomic E-state index is 12.6. The van der Waals surface area contributed by atoms with Gasteiger partial charge in [0.25, 0.3) is 26.0 Å². The second-order valence-electron chi connectivity index (χ2n) is 26.1. The van der Waals surface area contributed by atoms with Gasteiger partial charge in [-0.15, -0.1) is 34.0 Å². The standard InChI is InChI=1S/C28H32N4O3S.C27H32N4O4S2.C26H30N4O3S2/c1-20(25(19-29)28(33)31-10-14-34-2)26-7-8-27(36-26)23-4-3-22-18-24(6-5-21(22)17-23)30-9-11-32-12-15-35-16-13-32;1-20(27(19-28)37(32,33)30-10-14-34-2)25-7-8-26(36-25)23-4-3-22-18-24(6-5-21(22)17-23)29-9-11-31-12-15-35-16-13-31;1-19(26(18-27)35(31,32)28-10-15-33-3)24-8-9-25(34-24)22-5-4-21-17-23(7-6-20(21)16-22)30-13-11-29(2)12-14-30/h3-8,17-18,30H,9-16H2,1-2H3,(H,31,33);3-8,17-18,29-30H,9-16H2,1-2H3;4-9,16-17,28H,10-15H2,1-3H3/b25-20+;27-20+;26-19+. The van der Waals surface area contributed by atoms with Gasteiger partial charge in [0.15, 0.2) is 9.81 Å². The second-order valence-corrected chi connectivity index (χ2v) is 32.8. The number of carbonyl (C=O) groups excluding carboxylic acids is 1. The first kappa shape index (κ1) is 81.8. The van der Waals surface area contributed by atoms with Crippen molar-refractivity contribution < 1.29 is 45.3 Å². The molecule has 0 atom stereocenters. The summed E-state index contributed by atoms with van der Waals surface area (Å²) >= 11 is 4.53. The van der Waals surface area contributed by atoms with E-state index in [1.54, 1.807) is 32.3 Å². The van der Waals surface area contributed by atoms with Crippen LogP contribution in [0.2, 0.25) is 0 Å². The molecule has 9 aromatic rings. The lowest BCUT2D eigenvalue weighted by molar-refractivity contribution is -0.117. The Balaban J connectivity index is 0.000000173. The number of hydrogen-bond donors (Lipinski definition) is 5. The van der Waals surface area contributed by atoms with Crippen LogP contribution in [-0.4, -0.2) is 210 Å². The third-order valence-corrected chi connectivity index (χ3v) is 25.6. The van der Waals surface area contributed by atoms with Crippen molar-refractivity contribution >= 4 is 126 Å². The molecular formula is C81H94N12O10S5. The number of amides is 1. The molecule has 568 valence electrons. The lowest BCUT2D eigenvalue weighted by Gasteiger charge is -2.34. The topological polar surface area (TPSA) is 276 Å². The van der Waals surface area contributed by atoms with E-state index in [4.69, 9.17) is 23.7 Å². The van der Waals surface area contributed by atoms with Gasteiger partial charge in [0.2, 0.25) is 0 Å². The average molecular weight is 1560 g/mol. The van der Waals surface area contributed by atoms with Crippen molar-refractivity contribution in [1.29, 1.82) is 15.8 Å². The first-order valence-corrected chi connectivity index (χ1v) is 41.3. The number of carbonyl (C=O) groups is 1. The number of nitrogens with zero attached hydrogens (tertiary/aromatic N) is 7. The Hall–Kier alpha value is -8.74. The number of benzene rings is 6. The summed E-state index contributed by atoms with van der Waals surface area (Å²) < 4.78 is 80.7. The molecular weight excluding hydrogens is 1460 g/mol. The maximum Gasteiger partial charge on any atom is 0.262 e. The molecule has 6 aromatic carbocycles. The molecule has 6 heterocycles. The predicted molar refractivity (Wildman–Crippen MR) is 440 cm³/mol. The molecule has 3 aliphatic heterocycles. The van der Waals surface area contributed by atoms with E-state index in [1.807, 2.05) is 55.5 Å². The third kappa shape index (κ3) is 22.2. The van der Waals surface area contributed by atoms with Gasteiger partial charge >= 0.3 is 0 Å². The van der Waals surface area contributed by atoms with Crippen LogP contribution in [0.3, 0.4) is 0 Å². The summed E-state index contributed by atoms with van der Waals surface area (Å²) in [6.07, 6.45) is 0. The Morgan fingerprint density at radius 1 is 0.454 bits per heavy atom. The minimum absolute atomic E-state index is 0.106. The summed E-state index contributed by atoms with van der Waals surface area (Å²) in [4.78, 5) is 27.0. The molecule has 22 nitrogen and oxygen atoms in total. The highest BCUT2D eigenvalue weighted by Crippen LogP contribution is 2.39. The Kier molecular flexibility index (Phi) is 30.4. The fourth-order valence-corrected chi connectivity index (χ4v) is 17.9. The number of hydrogen-bond acceptors (Lipinski definition) is 22. The Morgan fingerprint density at radius 3 is 1.24 bits per heavy atom. The molecule has 3 aromatic heterocycles. The van der Waals surface area contributed by atoms with E-state index in [0.717, 1.165) is 178 Å². The molecule has 0 aliphatic carbocycles. The zero-order chi connectivity index (χ0) is 76.6. The zero-order valence-electron chi connectivity index (χ0n) is 62.2. The quantitative estimate of drug-likeness (QED) is 0.0165. The highest BCUT2D eigenvalue weighted by atomic mass is 32.2. The molecule has 27 heteroatoms. The van der Waals surface area contributed by atoms with Crippen LogP contribution in [-0.2, 0) is 48.5 Å². The van der Waals surface area contributed by atoms with Gasteiger partial charge < -0.3 is 49.4 Å². The lowest BCUT2D eigenvalue weighted by atomic mass is 10.0. The molecule has 0 spiro atoms. The number of allylic oxidation sites excluding steroid dienone is 5. The van der Waals surface area contributed by atoms with Gasteiger partial charge in [0.05, 0.1) is 46.2 Å². The summed E-state index contributed by atoms with van der Waals surface area (Å²) in [7, 11) is -1.10. The van der Waals surface area contributed by atoms with Crippen LogP contribution in [0, 0.1) is 34.0 Å². The number of likely N-dealkylation sites (N-methyl/N-ethyl adjacent to an activating group) is 1. The van der Waals surface area contributed by atoms with Crippen molar-refractivity contribution in [2.24, 2.45) is 0 Å². The van der Waals surface area contributed by atoms with Crippen LogP contribution in [0.25, 0.3) is 80.4 Å². The summed E-state index contributed by atoms with van der Waals surface area (Å²) in [5.74, 6) is -0.373. The van der Waals surface area contributed by atoms with Crippen LogP contribution in [0.1, 0.15) is 35.4 Å². The first-order chi connectivity index (χ1) is 52.3. The molecule has 108 heavy (non-hydrogen) atoms. The van der Waals surface area contributed by atoms with Gasteiger partial charge in [-0.3, -0.25) is 14.6 Å². The number of nitrogens with one attached hydrogen (secondary N) is 5. The zero-order valence-corrected chi connectivity index (χ0v) is 66.2. The van der Waals surface area contributed by atoms with Gasteiger partial charge in [-0.05, 0) is 185 Å². The molecule has 0 bridgehead atoms. The minimum Gasteiger partial charge on any atom is -0.384 e. The van der Waals surface area contributed by atoms with Crippen LogP contribution >= 0.6 is 34.0 Å². The van der Waals surface area contributed by atoms with Crippen molar-refractivity contribution in [3.63, 3.8) is 0 Å². The number of morpholine rings is 2. The SMILES string of the molecule is COCCNC(=O)/C(C#N)=C(\C)c1ccc(-c2ccc3cc(NCCN4CCOCC4)ccc3c2)s1.COCCNS(=O)(=O)/C(C#N)=C(\C)c1ccc(-c2ccc3cc(N4CCN(C)CC4)ccc3c2)s1.COCCNS(=O)(=O)/C(C#N)=C(\C)c1ccc(-c2ccc3cc(NCCN4CCOCC4)ccc3c2)s1. The Bertz CT molecular complexity index is 5050. The number of anilines is 3. The number of sulfonamides is 2. The molecule has 3 aliphatic rings. The van der Waals surface area contributed by atoms with Crippen LogP contribution in [0.4, 0.5) is 17.1 Å². The average Bonchev–Trinajstić information content (AvgIpc) is 1.53. The van der Waals surface area contributed by atoms with Gasteiger partial charge in [-0.1, -0.05) is 54.6 Å². The number of thiophene rings is 3. The van der Waals surface area contributed by atoms with Crippen molar-refractivity contribution in [2.45, 2.75) is 20.8 Å². The van der Waals surface area contributed by atoms with Crippen molar-refractivity contribution in [3.8, 4) is 49.5 Å². The van der Waals surface area contributed by atoms with Crippen molar-refractivity contribution in [2.75, 3.05) is 188 Å². The highest BCUT2D eigenvalue weighted by molar-refractivity contribution is 7.94. The predicted octanol–water partition coefficient (Wildman–Crippen LogP) is 12.6. The Morgan fingerprint density at radius 2 is 0.833 bits per heavy atom. The number of ether oxygens (including phenoxy) is 5. The second kappa shape index (κ2) is 40.1. The number of piperazine rings is 1. The van der Waals surface area contributed by atoms with E-state index < -0.39 is 20.0 Å². The van der Waals surface area contributed by atoms with Crippen molar-refractivity contribution in [3.05, 3.63) is 176 Å². The molecule has 3 saturated heterocycles. The Labute approximate surface area is 646 Å². The van der Waals surface area contributed by atoms with E-state index in [2.05, 4.69) is 167 Å². The van der Waals surface area contributed by atoms with E-state index in [0.29, 0.717) is 29.9 Å². The summed E-state index contributed by atoms with van der Waals surface area (Å²) in [6, 6.07) is 56.1. The summed E-state index contributed by atoms with van der Waals surface area (Å²) in [5.41, 5.74) is 8.36. The van der Waals surface area contributed by atoms with E-state index in [1.165, 1.54) is 58.7 Å². The first-order valence-electron chi connectivity index (χ1n) is 35.8. The fraction of sp³-hybridized carbons (Fsp3) is 0.358. The molecule has 3 fully saturated rings. The normalized spacial score (nSPS) is 15.3. The smallest absolute Gasteiger partial charge is 0.262 e. The minimum atomic E-state index is -3.91. The number of methoxy groups -OCH3 is 3. The van der Waals surface area contributed by atoms with Crippen LogP contribution < -0.4 is 30.3 Å². The molecule has 0 saturated carbocycles. The number of fused-ring (bicyclic) bond motifs is 3. The summed E-state index contributed by atoms with van der Waals surface area (Å²) in [5, 5.41) is 45.4. The summed E-state index contributed by atoms with van der Waals surface area (Å²) in [6.45, 7) is 21.9. The number of rotatable bonds is 29. The van der Waals surface area contributed by atoms with E-state index in [9.17, 15) is 37.4 Å². The van der Waals surface area contributed by atoms with E-state index in [-0.39, 0.29) is 47.6 Å². The van der Waals surface area contributed by atoms with Crippen molar-refractivity contribution in [1.82, 2.24) is 29.5 Å². The maximum absolute atomic E-state index is 12.6.